The van der Waals surface area contributed by atoms with Crippen LogP contribution in [-0.2, 0) is 27.3 Å². The molecule has 1 fully saturated rings. The topological polar surface area (TPSA) is 85.7 Å². The van der Waals surface area contributed by atoms with Crippen LogP contribution in [0.15, 0.2) is 36.7 Å². The van der Waals surface area contributed by atoms with E-state index in [1.807, 2.05) is 31.2 Å². The first-order chi connectivity index (χ1) is 14.6. The van der Waals surface area contributed by atoms with E-state index >= 15 is 0 Å². The number of anilines is 1. The fourth-order valence-corrected chi connectivity index (χ4v) is 3.58. The summed E-state index contributed by atoms with van der Waals surface area (Å²) in [5.41, 5.74) is 1.57. The van der Waals surface area contributed by atoms with Gasteiger partial charge in [0.25, 0.3) is 0 Å². The van der Waals surface area contributed by atoms with E-state index in [0.717, 1.165) is 30.8 Å². The first-order valence-electron chi connectivity index (χ1n) is 10.4. The molecule has 0 saturated carbocycles. The van der Waals surface area contributed by atoms with Crippen molar-refractivity contribution in [3.8, 4) is 5.75 Å². The molecule has 162 valence electrons. The van der Waals surface area contributed by atoms with Crippen molar-refractivity contribution >= 4 is 17.5 Å². The fourth-order valence-electron chi connectivity index (χ4n) is 3.58. The van der Waals surface area contributed by atoms with Crippen LogP contribution in [0.4, 0.5) is 5.69 Å². The molecule has 8 heteroatoms. The molecule has 2 aromatic rings. The van der Waals surface area contributed by atoms with Gasteiger partial charge in [0.05, 0.1) is 25.1 Å². The van der Waals surface area contributed by atoms with Gasteiger partial charge >= 0.3 is 0 Å². The number of carbonyl (C=O) groups excluding carboxylic acids is 2. The zero-order valence-corrected chi connectivity index (χ0v) is 17.7. The minimum Gasteiger partial charge on any atom is -0.496 e. The van der Waals surface area contributed by atoms with E-state index < -0.39 is 0 Å². The Bertz CT molecular complexity index is 845. The Labute approximate surface area is 177 Å². The second-order valence-corrected chi connectivity index (χ2v) is 7.35. The van der Waals surface area contributed by atoms with Crippen molar-refractivity contribution in [2.24, 2.45) is 0 Å². The average molecular weight is 415 g/mol. The van der Waals surface area contributed by atoms with Gasteiger partial charge in [-0.2, -0.15) is 5.10 Å². The third-order valence-corrected chi connectivity index (χ3v) is 5.21. The minimum absolute atomic E-state index is 0.00912. The lowest BCUT2D eigenvalue weighted by molar-refractivity contribution is -0.133. The number of methoxy groups -OCH3 is 1. The predicted molar refractivity (Wildman–Crippen MR) is 113 cm³/mol. The van der Waals surface area contributed by atoms with Crippen molar-refractivity contribution in [1.29, 1.82) is 0 Å². The Balaban J connectivity index is 1.47. The fraction of sp³-hybridized carbons (Fsp3) is 0.500. The number of benzene rings is 1. The smallest absolute Gasteiger partial charge is 0.244 e. The predicted octanol–water partition coefficient (Wildman–Crippen LogP) is 2.49. The Morgan fingerprint density at radius 3 is 2.93 bits per heavy atom. The van der Waals surface area contributed by atoms with Gasteiger partial charge in [-0.05, 0) is 37.8 Å². The van der Waals surface area contributed by atoms with Crippen molar-refractivity contribution in [2.45, 2.75) is 45.3 Å². The van der Waals surface area contributed by atoms with E-state index in [1.54, 1.807) is 29.1 Å². The molecule has 3 rings (SSSR count). The Kier molecular flexibility index (Phi) is 7.84. The van der Waals surface area contributed by atoms with Gasteiger partial charge in [0.2, 0.25) is 11.8 Å². The van der Waals surface area contributed by atoms with Crippen molar-refractivity contribution < 1.29 is 19.1 Å². The molecule has 1 atom stereocenters. The standard InChI is InChI=1S/C22H30N4O4/c1-3-25(15-19-8-6-12-30-19)22(28)16-26-14-18(13-23-26)24-21(27)11-10-17-7-4-5-9-20(17)29-2/h4-5,7,9,13-14,19H,3,6,8,10-12,15-16H2,1-2H3,(H,24,27)/t19-/m1/s1. The maximum atomic E-state index is 12.6. The third kappa shape index (κ3) is 6.06. The van der Waals surface area contributed by atoms with E-state index in [9.17, 15) is 9.59 Å². The Morgan fingerprint density at radius 2 is 2.20 bits per heavy atom. The highest BCUT2D eigenvalue weighted by Gasteiger charge is 2.22. The van der Waals surface area contributed by atoms with Crippen LogP contribution in [0.3, 0.4) is 0 Å². The molecule has 1 aliphatic heterocycles. The molecule has 0 spiro atoms. The monoisotopic (exact) mass is 414 g/mol. The van der Waals surface area contributed by atoms with Crippen molar-refractivity contribution in [1.82, 2.24) is 14.7 Å². The lowest BCUT2D eigenvalue weighted by Crippen LogP contribution is -2.39. The molecule has 1 aliphatic rings. The van der Waals surface area contributed by atoms with Gasteiger partial charge in [0, 0.05) is 32.3 Å². The molecule has 0 bridgehead atoms. The van der Waals surface area contributed by atoms with Gasteiger partial charge in [-0.15, -0.1) is 0 Å². The first-order valence-corrected chi connectivity index (χ1v) is 10.4. The maximum Gasteiger partial charge on any atom is 0.244 e. The lowest BCUT2D eigenvalue weighted by Gasteiger charge is -2.23. The van der Waals surface area contributed by atoms with E-state index in [1.165, 1.54) is 0 Å². The molecular formula is C22H30N4O4. The number of aromatic nitrogens is 2. The minimum atomic E-state index is -0.111. The summed E-state index contributed by atoms with van der Waals surface area (Å²) in [6, 6.07) is 7.66. The second kappa shape index (κ2) is 10.8. The number of para-hydroxylation sites is 1. The summed E-state index contributed by atoms with van der Waals surface area (Å²) in [5, 5.41) is 7.04. The summed E-state index contributed by atoms with van der Waals surface area (Å²) in [7, 11) is 1.62. The molecule has 8 nitrogen and oxygen atoms in total. The quantitative estimate of drug-likeness (QED) is 0.646. The molecule has 0 unspecified atom stereocenters. The number of nitrogens with zero attached hydrogens (tertiary/aromatic N) is 3. The number of nitrogens with one attached hydrogen (secondary N) is 1. The zero-order chi connectivity index (χ0) is 21.3. The van der Waals surface area contributed by atoms with Crippen LogP contribution in [0, 0.1) is 0 Å². The SMILES string of the molecule is CCN(C[C@H]1CCCO1)C(=O)Cn1cc(NC(=O)CCc2ccccc2OC)cn1. The number of hydrogen-bond donors (Lipinski definition) is 1. The van der Waals surface area contributed by atoms with Crippen LogP contribution in [0.25, 0.3) is 0 Å². The molecule has 1 aromatic carbocycles. The van der Waals surface area contributed by atoms with Crippen LogP contribution in [0.2, 0.25) is 0 Å². The van der Waals surface area contributed by atoms with E-state index in [0.29, 0.717) is 31.6 Å². The summed E-state index contributed by atoms with van der Waals surface area (Å²) < 4.78 is 12.5. The van der Waals surface area contributed by atoms with Crippen LogP contribution in [0.5, 0.6) is 5.75 Å². The number of amides is 2. The average Bonchev–Trinajstić information content (AvgIpc) is 3.42. The zero-order valence-electron chi connectivity index (χ0n) is 17.7. The van der Waals surface area contributed by atoms with E-state index in [4.69, 9.17) is 9.47 Å². The van der Waals surface area contributed by atoms with Crippen molar-refractivity contribution in [3.05, 3.63) is 42.2 Å². The molecule has 1 aromatic heterocycles. The molecular weight excluding hydrogens is 384 g/mol. The number of carbonyl (C=O) groups is 2. The van der Waals surface area contributed by atoms with Crippen LogP contribution in [0.1, 0.15) is 31.7 Å². The molecule has 30 heavy (non-hydrogen) atoms. The van der Waals surface area contributed by atoms with Gasteiger partial charge in [-0.25, -0.2) is 0 Å². The molecule has 2 amide bonds. The molecule has 1 N–H and O–H groups in total. The highest BCUT2D eigenvalue weighted by Crippen LogP contribution is 2.19. The number of ether oxygens (including phenoxy) is 2. The van der Waals surface area contributed by atoms with Crippen LogP contribution < -0.4 is 10.1 Å². The summed E-state index contributed by atoms with van der Waals surface area (Å²) >= 11 is 0. The van der Waals surface area contributed by atoms with Crippen LogP contribution >= 0.6 is 0 Å². The molecule has 2 heterocycles. The third-order valence-electron chi connectivity index (χ3n) is 5.21. The number of rotatable bonds is 10. The largest absolute Gasteiger partial charge is 0.496 e. The highest BCUT2D eigenvalue weighted by molar-refractivity contribution is 5.90. The number of aryl methyl sites for hydroxylation is 1. The first kappa shape index (κ1) is 21.8. The van der Waals surface area contributed by atoms with E-state index in [2.05, 4.69) is 10.4 Å². The highest BCUT2D eigenvalue weighted by atomic mass is 16.5. The van der Waals surface area contributed by atoms with Gasteiger partial charge in [0.15, 0.2) is 0 Å². The Morgan fingerprint density at radius 1 is 1.37 bits per heavy atom. The van der Waals surface area contributed by atoms with Crippen LogP contribution in [-0.4, -0.2) is 59.4 Å². The maximum absolute atomic E-state index is 12.6. The summed E-state index contributed by atoms with van der Waals surface area (Å²) in [6.45, 7) is 4.12. The van der Waals surface area contributed by atoms with Crippen molar-refractivity contribution in [3.63, 3.8) is 0 Å². The molecule has 0 radical (unpaired) electrons. The summed E-state index contributed by atoms with van der Waals surface area (Å²) in [5.74, 6) is 0.658. The second-order valence-electron chi connectivity index (χ2n) is 7.35. The van der Waals surface area contributed by atoms with Gasteiger partial charge < -0.3 is 19.7 Å². The molecule has 1 saturated heterocycles. The van der Waals surface area contributed by atoms with Gasteiger partial charge in [-0.3, -0.25) is 14.3 Å². The van der Waals surface area contributed by atoms with Gasteiger partial charge in [0.1, 0.15) is 12.3 Å². The number of likely N-dealkylation sites (N-methyl/N-ethyl adjacent to an activating group) is 1. The normalized spacial score (nSPS) is 15.7. The number of hydrogen-bond acceptors (Lipinski definition) is 5. The lowest BCUT2D eigenvalue weighted by atomic mass is 10.1. The van der Waals surface area contributed by atoms with Gasteiger partial charge in [-0.1, -0.05) is 18.2 Å². The Hall–Kier alpha value is -2.87. The van der Waals surface area contributed by atoms with E-state index in [-0.39, 0.29) is 24.5 Å². The molecule has 0 aliphatic carbocycles. The summed E-state index contributed by atoms with van der Waals surface area (Å²) in [4.78, 5) is 26.7. The summed E-state index contributed by atoms with van der Waals surface area (Å²) in [6.07, 6.45) is 6.33. The van der Waals surface area contributed by atoms with Crippen molar-refractivity contribution in [2.75, 3.05) is 32.1 Å².